The van der Waals surface area contributed by atoms with Crippen molar-refractivity contribution in [1.82, 2.24) is 10.2 Å². The van der Waals surface area contributed by atoms with E-state index in [1.165, 1.54) is 31.4 Å². The maximum atomic E-state index is 13.7. The van der Waals surface area contributed by atoms with E-state index >= 15 is 0 Å². The normalized spacial score (nSPS) is 30.6. The summed E-state index contributed by atoms with van der Waals surface area (Å²) in [4.78, 5) is 29.9. The molecule has 7 atom stereocenters. The number of likely N-dealkylation sites (tertiary alicyclic amines) is 1. The third kappa shape index (κ3) is 5.64. The Balaban J connectivity index is 1.16. The van der Waals surface area contributed by atoms with Gasteiger partial charge in [-0.25, -0.2) is 4.39 Å². The molecule has 8 nitrogen and oxygen atoms in total. The zero-order valence-electron chi connectivity index (χ0n) is 22.8. The number of nitriles is 1. The fraction of sp³-hybridized carbons (Fsp3) is 0.700. The van der Waals surface area contributed by atoms with Gasteiger partial charge in [-0.1, -0.05) is 26.2 Å². The zero-order chi connectivity index (χ0) is 27.7. The van der Waals surface area contributed by atoms with E-state index in [1.54, 1.807) is 11.0 Å². The Labute approximate surface area is 230 Å². The fourth-order valence-corrected chi connectivity index (χ4v) is 7.86. The number of carbonyl (C=O) groups is 2. The Morgan fingerprint density at radius 3 is 2.56 bits per heavy atom. The van der Waals surface area contributed by atoms with Crippen LogP contribution in [0.3, 0.4) is 0 Å². The van der Waals surface area contributed by atoms with Gasteiger partial charge in [0.25, 0.3) is 11.8 Å². The van der Waals surface area contributed by atoms with Gasteiger partial charge < -0.3 is 25.3 Å². The van der Waals surface area contributed by atoms with Crippen LogP contribution in [0.25, 0.3) is 0 Å². The van der Waals surface area contributed by atoms with Crippen molar-refractivity contribution in [1.29, 1.82) is 5.26 Å². The third-order valence-corrected chi connectivity index (χ3v) is 9.75. The van der Waals surface area contributed by atoms with Crippen LogP contribution in [0.5, 0.6) is 0 Å². The number of hydrogen-bond acceptors (Lipinski definition) is 6. The average molecular weight is 541 g/mol. The monoisotopic (exact) mass is 540 g/mol. The molecule has 0 radical (unpaired) electrons. The van der Waals surface area contributed by atoms with Gasteiger partial charge >= 0.3 is 0 Å². The van der Waals surface area contributed by atoms with Crippen LogP contribution in [-0.4, -0.2) is 70.4 Å². The number of rotatable bonds is 7. The molecule has 2 bridgehead atoms. The van der Waals surface area contributed by atoms with Crippen LogP contribution in [0.2, 0.25) is 0 Å². The molecule has 39 heavy (non-hydrogen) atoms. The molecule has 2 amide bonds. The fourth-order valence-electron chi connectivity index (χ4n) is 7.86. The standard InChI is InChI=1S/C30H41FN4O4/c1-18-12-23-13-19(14-26(18)35(23)25-10-9-22(31)15-21(25)16-32)17-33-29(38)27(36)28(37)30(39)34-11-5-8-24(34)20-6-3-2-4-7-20/h9-10,15,18-20,23-24,26-28,36-37H,2-8,11-14,17H2,1H3,(H,33,38)/t18-,19?,23?,24-,26+,27-,28-/m1/s1. The number of aliphatic hydroxyl groups is 2. The Morgan fingerprint density at radius 2 is 1.85 bits per heavy atom. The van der Waals surface area contributed by atoms with Gasteiger partial charge in [-0.2, -0.15) is 5.26 Å². The number of hydrogen-bond donors (Lipinski definition) is 3. The second-order valence-corrected chi connectivity index (χ2v) is 12.2. The number of amides is 2. The first-order valence-corrected chi connectivity index (χ1v) is 14.7. The van der Waals surface area contributed by atoms with Crippen LogP contribution < -0.4 is 10.2 Å². The molecule has 3 saturated heterocycles. The largest absolute Gasteiger partial charge is 0.380 e. The highest BCUT2D eigenvalue weighted by molar-refractivity contribution is 5.91. The zero-order valence-corrected chi connectivity index (χ0v) is 22.8. The number of nitrogens with zero attached hydrogens (tertiary/aromatic N) is 3. The summed E-state index contributed by atoms with van der Waals surface area (Å²) in [5.74, 6) is -0.718. The van der Waals surface area contributed by atoms with Crippen LogP contribution >= 0.6 is 0 Å². The summed E-state index contributed by atoms with van der Waals surface area (Å²) in [6, 6.07) is 6.89. The number of anilines is 1. The topological polar surface area (TPSA) is 117 Å². The SMILES string of the molecule is C[C@@H]1CC2CC(CNC(=O)[C@H](O)[C@@H](O)C(=O)N3CCC[C@@H]3C3CCCCC3)C[C@@H]1N2c1ccc(F)cc1C#N. The minimum atomic E-state index is -1.81. The van der Waals surface area contributed by atoms with Crippen molar-refractivity contribution in [3.05, 3.63) is 29.6 Å². The van der Waals surface area contributed by atoms with E-state index in [2.05, 4.69) is 23.2 Å². The van der Waals surface area contributed by atoms with E-state index in [0.29, 0.717) is 30.5 Å². The van der Waals surface area contributed by atoms with Gasteiger partial charge in [-0.3, -0.25) is 9.59 Å². The molecule has 212 valence electrons. The highest BCUT2D eigenvalue weighted by Crippen LogP contribution is 2.45. The Hall–Kier alpha value is -2.70. The molecule has 0 spiro atoms. The summed E-state index contributed by atoms with van der Waals surface area (Å²) in [5, 5.41) is 33.6. The van der Waals surface area contributed by atoms with Crippen molar-refractivity contribution in [2.24, 2.45) is 17.8 Å². The Kier molecular flexibility index (Phi) is 8.43. The van der Waals surface area contributed by atoms with Gasteiger partial charge in [0.1, 0.15) is 11.9 Å². The molecule has 1 aromatic carbocycles. The van der Waals surface area contributed by atoms with Crippen LogP contribution in [0, 0.1) is 34.9 Å². The summed E-state index contributed by atoms with van der Waals surface area (Å²) in [6.45, 7) is 3.08. The van der Waals surface area contributed by atoms with Crippen molar-refractivity contribution in [2.75, 3.05) is 18.0 Å². The van der Waals surface area contributed by atoms with E-state index in [1.807, 2.05) is 0 Å². The van der Waals surface area contributed by atoms with Crippen molar-refractivity contribution >= 4 is 17.5 Å². The molecule has 1 aromatic rings. The summed E-state index contributed by atoms with van der Waals surface area (Å²) >= 11 is 0. The molecule has 9 heteroatoms. The molecule has 1 saturated carbocycles. The first-order chi connectivity index (χ1) is 18.8. The van der Waals surface area contributed by atoms with Crippen molar-refractivity contribution in [3.8, 4) is 6.07 Å². The lowest BCUT2D eigenvalue weighted by Gasteiger charge is -2.41. The number of fused-ring (bicyclic) bond motifs is 2. The quantitative estimate of drug-likeness (QED) is 0.489. The van der Waals surface area contributed by atoms with Gasteiger partial charge in [0.15, 0.2) is 12.2 Å². The van der Waals surface area contributed by atoms with E-state index in [4.69, 9.17) is 0 Å². The molecule has 5 rings (SSSR count). The highest BCUT2D eigenvalue weighted by atomic mass is 19.1. The predicted octanol–water partition coefficient (Wildman–Crippen LogP) is 3.10. The van der Waals surface area contributed by atoms with Gasteiger partial charge in [-0.05, 0) is 80.9 Å². The van der Waals surface area contributed by atoms with Crippen molar-refractivity contribution in [3.63, 3.8) is 0 Å². The van der Waals surface area contributed by atoms with E-state index < -0.39 is 29.8 Å². The maximum absolute atomic E-state index is 13.7. The Bertz CT molecular complexity index is 1100. The van der Waals surface area contributed by atoms with Crippen molar-refractivity contribution < 1.29 is 24.2 Å². The second kappa shape index (κ2) is 11.8. The lowest BCUT2D eigenvalue weighted by molar-refractivity contribution is -0.154. The molecule has 4 aliphatic rings. The molecule has 1 aliphatic carbocycles. The molecule has 3 aliphatic heterocycles. The van der Waals surface area contributed by atoms with Gasteiger partial charge in [0.2, 0.25) is 0 Å². The van der Waals surface area contributed by atoms with Gasteiger partial charge in [0, 0.05) is 31.2 Å². The summed E-state index contributed by atoms with van der Waals surface area (Å²) in [6.07, 6.45) is 6.49. The lowest BCUT2D eigenvalue weighted by atomic mass is 9.83. The van der Waals surface area contributed by atoms with E-state index in [-0.39, 0.29) is 24.0 Å². The highest BCUT2D eigenvalue weighted by Gasteiger charge is 2.46. The number of carbonyl (C=O) groups excluding carboxylic acids is 2. The molecule has 2 unspecified atom stereocenters. The predicted molar refractivity (Wildman–Crippen MR) is 144 cm³/mol. The number of benzene rings is 1. The van der Waals surface area contributed by atoms with E-state index in [0.717, 1.165) is 50.6 Å². The Morgan fingerprint density at radius 1 is 1.08 bits per heavy atom. The minimum Gasteiger partial charge on any atom is -0.380 e. The van der Waals surface area contributed by atoms with Crippen LogP contribution in [0.15, 0.2) is 18.2 Å². The van der Waals surface area contributed by atoms with Crippen LogP contribution in [-0.2, 0) is 9.59 Å². The van der Waals surface area contributed by atoms with Crippen LogP contribution in [0.1, 0.15) is 76.7 Å². The summed E-state index contributed by atoms with van der Waals surface area (Å²) in [7, 11) is 0. The number of piperidine rings is 1. The second-order valence-electron chi connectivity index (χ2n) is 12.2. The average Bonchev–Trinajstić information content (AvgIpc) is 3.51. The van der Waals surface area contributed by atoms with Gasteiger partial charge in [-0.15, -0.1) is 0 Å². The van der Waals surface area contributed by atoms with Gasteiger partial charge in [0.05, 0.1) is 11.3 Å². The molecule has 3 heterocycles. The summed E-state index contributed by atoms with van der Waals surface area (Å²) < 4.78 is 13.7. The summed E-state index contributed by atoms with van der Waals surface area (Å²) in [5.41, 5.74) is 1.09. The van der Waals surface area contributed by atoms with Crippen LogP contribution in [0.4, 0.5) is 10.1 Å². The van der Waals surface area contributed by atoms with E-state index in [9.17, 15) is 29.5 Å². The van der Waals surface area contributed by atoms with Crippen molar-refractivity contribution in [2.45, 2.75) is 101 Å². The minimum absolute atomic E-state index is 0.0908. The molecular formula is C30H41FN4O4. The third-order valence-electron chi connectivity index (χ3n) is 9.75. The number of nitrogens with one attached hydrogen (secondary N) is 1. The molecular weight excluding hydrogens is 499 g/mol. The molecule has 4 fully saturated rings. The first kappa shape index (κ1) is 27.9. The number of halogens is 1. The number of aliphatic hydroxyl groups excluding tert-OH is 2. The molecule has 0 aromatic heterocycles. The molecule has 3 N–H and O–H groups in total. The maximum Gasteiger partial charge on any atom is 0.254 e. The smallest absolute Gasteiger partial charge is 0.254 e. The first-order valence-electron chi connectivity index (χ1n) is 14.7. The lowest BCUT2D eigenvalue weighted by Crippen LogP contribution is -2.54.